The molecule has 1 heterocycles. The summed E-state index contributed by atoms with van der Waals surface area (Å²) in [5.41, 5.74) is 4.65. The molecule has 0 fully saturated rings. The van der Waals surface area contributed by atoms with Crippen molar-refractivity contribution in [3.63, 3.8) is 0 Å². The van der Waals surface area contributed by atoms with Gasteiger partial charge in [-0.25, -0.2) is 4.39 Å². The van der Waals surface area contributed by atoms with Gasteiger partial charge in [-0.2, -0.15) is 18.3 Å². The van der Waals surface area contributed by atoms with E-state index in [1.165, 1.54) is 6.07 Å². The molecular weight excluding hydrogens is 484 g/mol. The molecule has 0 saturated carbocycles. The molecule has 1 aliphatic heterocycles. The number of carboxylic acid groups (broad SMARTS) is 1. The molecule has 1 aliphatic rings. The van der Waals surface area contributed by atoms with Crippen LogP contribution in [0.25, 0.3) is 11.1 Å². The van der Waals surface area contributed by atoms with Gasteiger partial charge in [0.2, 0.25) is 0 Å². The Bertz CT molecular complexity index is 1280. The number of halogens is 4. The number of hydrazone groups is 1. The first-order valence-corrected chi connectivity index (χ1v) is 12.1. The minimum absolute atomic E-state index is 0.276. The number of hydrogen-bond donors (Lipinski definition) is 1. The third-order valence-corrected chi connectivity index (χ3v) is 6.05. The molecule has 196 valence electrons. The van der Waals surface area contributed by atoms with Gasteiger partial charge < -0.3 is 5.11 Å². The number of nitrogens with zero attached hydrogens (tertiary/aromatic N) is 2. The summed E-state index contributed by atoms with van der Waals surface area (Å²) in [6.07, 6.45) is -4.94. The van der Waals surface area contributed by atoms with Crippen LogP contribution in [-0.2, 0) is 11.2 Å². The molecule has 0 aliphatic carbocycles. The summed E-state index contributed by atoms with van der Waals surface area (Å²) in [5, 5.41) is 13.9. The molecule has 4 nitrogen and oxygen atoms in total. The van der Waals surface area contributed by atoms with Gasteiger partial charge in [-0.15, -0.1) is 0 Å². The number of carboxylic acids is 1. The Kier molecular flexibility index (Phi) is 8.73. The maximum atomic E-state index is 14.3. The van der Waals surface area contributed by atoms with Gasteiger partial charge in [0, 0.05) is 12.0 Å². The van der Waals surface area contributed by atoms with Crippen molar-refractivity contribution in [2.24, 2.45) is 5.10 Å². The Morgan fingerprint density at radius 3 is 2.22 bits per heavy atom. The second-order valence-electron chi connectivity index (χ2n) is 8.82. The molecule has 4 rings (SSSR count). The van der Waals surface area contributed by atoms with E-state index in [2.05, 4.69) is 5.10 Å². The van der Waals surface area contributed by atoms with Crippen molar-refractivity contribution in [2.75, 3.05) is 5.01 Å². The second kappa shape index (κ2) is 11.6. The fraction of sp³-hybridized carbons (Fsp3) is 0.310. The number of aliphatic carboxylic acids is 1. The molecule has 1 atom stereocenters. The predicted octanol–water partition coefficient (Wildman–Crippen LogP) is 7.70. The van der Waals surface area contributed by atoms with Crippen LogP contribution < -0.4 is 5.01 Å². The molecule has 3 aromatic carbocycles. The quantitative estimate of drug-likeness (QED) is 0.343. The zero-order valence-electron chi connectivity index (χ0n) is 21.2. The lowest BCUT2D eigenvalue weighted by Gasteiger charge is -2.22. The van der Waals surface area contributed by atoms with Crippen LogP contribution in [0.5, 0.6) is 0 Å². The summed E-state index contributed by atoms with van der Waals surface area (Å²) in [6, 6.07) is 16.8. The summed E-state index contributed by atoms with van der Waals surface area (Å²) in [7, 11) is 0. The van der Waals surface area contributed by atoms with Crippen LogP contribution in [0.1, 0.15) is 48.9 Å². The van der Waals surface area contributed by atoms with Crippen LogP contribution >= 0.6 is 0 Å². The minimum atomic E-state index is -4.60. The van der Waals surface area contributed by atoms with Crippen LogP contribution in [-0.4, -0.2) is 29.0 Å². The van der Waals surface area contributed by atoms with E-state index in [-0.39, 0.29) is 5.82 Å². The third kappa shape index (κ3) is 6.76. The summed E-state index contributed by atoms with van der Waals surface area (Å²) in [4.78, 5) is 11.1. The number of benzene rings is 3. The minimum Gasteiger partial charge on any atom is -0.481 e. The lowest BCUT2D eigenvalue weighted by Crippen LogP contribution is -2.29. The maximum Gasteiger partial charge on any atom is 0.431 e. The van der Waals surface area contributed by atoms with Crippen molar-refractivity contribution in [3.8, 4) is 11.1 Å². The predicted molar refractivity (Wildman–Crippen MR) is 139 cm³/mol. The van der Waals surface area contributed by atoms with E-state index in [0.29, 0.717) is 17.7 Å². The highest BCUT2D eigenvalue weighted by Crippen LogP contribution is 2.33. The van der Waals surface area contributed by atoms with E-state index in [0.717, 1.165) is 32.8 Å². The van der Waals surface area contributed by atoms with Crippen molar-refractivity contribution in [2.45, 2.75) is 59.2 Å². The fourth-order valence-corrected chi connectivity index (χ4v) is 4.35. The van der Waals surface area contributed by atoms with Crippen molar-refractivity contribution < 1.29 is 27.5 Å². The zero-order valence-corrected chi connectivity index (χ0v) is 21.2. The molecule has 1 N–H and O–H groups in total. The molecule has 8 heteroatoms. The number of anilines is 1. The molecule has 0 amide bonds. The average Bonchev–Trinajstić information content (AvgIpc) is 3.26. The number of hydrogen-bond acceptors (Lipinski definition) is 3. The highest BCUT2D eigenvalue weighted by Gasteiger charge is 2.43. The topological polar surface area (TPSA) is 52.9 Å². The Morgan fingerprint density at radius 1 is 0.973 bits per heavy atom. The summed E-state index contributed by atoms with van der Waals surface area (Å²) >= 11 is 0. The van der Waals surface area contributed by atoms with Crippen LogP contribution in [0.4, 0.5) is 23.2 Å². The standard InChI is InChI=1S/C27H24F4N2O2.C2H6/c1-16-3-10-24(28)23(11-16)22-9-6-19(12-17(22)2)13-18-4-7-20(8-5-18)33-21(15-26(34)35)14-25(32-33)27(29,30)31;1-2/h3-12,21H,13-15H2,1-2H3,(H,34,35);1-2H3. The Hall–Kier alpha value is -3.68. The largest absolute Gasteiger partial charge is 0.481 e. The van der Waals surface area contributed by atoms with Gasteiger partial charge in [0.1, 0.15) is 11.5 Å². The molecule has 37 heavy (non-hydrogen) atoms. The Labute approximate surface area is 214 Å². The Balaban J connectivity index is 0.00000186. The lowest BCUT2D eigenvalue weighted by molar-refractivity contribution is -0.137. The molecular formula is C29H30F4N2O2. The van der Waals surface area contributed by atoms with Gasteiger partial charge in [-0.1, -0.05) is 55.8 Å². The number of carbonyl (C=O) groups is 1. The van der Waals surface area contributed by atoms with Gasteiger partial charge in [0.05, 0.1) is 18.2 Å². The monoisotopic (exact) mass is 514 g/mol. The van der Waals surface area contributed by atoms with E-state index in [4.69, 9.17) is 5.11 Å². The maximum absolute atomic E-state index is 14.3. The first-order valence-electron chi connectivity index (χ1n) is 12.1. The second-order valence-corrected chi connectivity index (χ2v) is 8.82. The molecule has 3 aromatic rings. The van der Waals surface area contributed by atoms with Crippen LogP contribution in [0.3, 0.4) is 0 Å². The molecule has 0 spiro atoms. The lowest BCUT2D eigenvalue weighted by atomic mass is 9.95. The van der Waals surface area contributed by atoms with Gasteiger partial charge in [-0.05, 0) is 66.8 Å². The summed E-state index contributed by atoms with van der Waals surface area (Å²) < 4.78 is 53.8. The van der Waals surface area contributed by atoms with Gasteiger partial charge in [0.15, 0.2) is 0 Å². The normalized spacial score (nSPS) is 15.2. The highest BCUT2D eigenvalue weighted by molar-refractivity contribution is 5.94. The van der Waals surface area contributed by atoms with Gasteiger partial charge in [0.25, 0.3) is 0 Å². The van der Waals surface area contributed by atoms with Crippen molar-refractivity contribution in [1.29, 1.82) is 0 Å². The molecule has 1 unspecified atom stereocenters. The van der Waals surface area contributed by atoms with Gasteiger partial charge >= 0.3 is 12.1 Å². The zero-order chi connectivity index (χ0) is 27.3. The number of aryl methyl sites for hydroxylation is 2. The SMILES string of the molecule is CC.Cc1ccc(F)c(-c2ccc(Cc3ccc(N4N=C(C(F)(F)F)CC4CC(=O)O)cc3)cc2C)c1. The molecule has 0 saturated heterocycles. The first-order chi connectivity index (χ1) is 17.5. The fourth-order valence-electron chi connectivity index (χ4n) is 4.35. The number of rotatable bonds is 6. The van der Waals surface area contributed by atoms with Crippen LogP contribution in [0.15, 0.2) is 65.8 Å². The van der Waals surface area contributed by atoms with Crippen molar-refractivity contribution >= 4 is 17.4 Å². The summed E-state index contributed by atoms with van der Waals surface area (Å²) in [6.45, 7) is 7.84. The third-order valence-electron chi connectivity index (χ3n) is 6.05. The van der Waals surface area contributed by atoms with Crippen LogP contribution in [0.2, 0.25) is 0 Å². The molecule has 0 aromatic heterocycles. The van der Waals surface area contributed by atoms with Crippen molar-refractivity contribution in [1.82, 2.24) is 0 Å². The van der Waals surface area contributed by atoms with Gasteiger partial charge in [-0.3, -0.25) is 9.80 Å². The van der Waals surface area contributed by atoms with E-state index >= 15 is 0 Å². The average molecular weight is 515 g/mol. The van der Waals surface area contributed by atoms with E-state index < -0.39 is 36.7 Å². The number of alkyl halides is 3. The summed E-state index contributed by atoms with van der Waals surface area (Å²) in [5.74, 6) is -1.46. The van der Waals surface area contributed by atoms with E-state index in [1.807, 2.05) is 52.0 Å². The first kappa shape index (κ1) is 27.9. The van der Waals surface area contributed by atoms with E-state index in [9.17, 15) is 22.4 Å². The molecule has 0 radical (unpaired) electrons. The smallest absolute Gasteiger partial charge is 0.431 e. The highest BCUT2D eigenvalue weighted by atomic mass is 19.4. The van der Waals surface area contributed by atoms with Crippen molar-refractivity contribution in [3.05, 3.63) is 88.7 Å². The molecule has 0 bridgehead atoms. The van der Waals surface area contributed by atoms with Crippen LogP contribution in [0, 0.1) is 19.7 Å². The Morgan fingerprint density at radius 2 is 1.62 bits per heavy atom. The van der Waals surface area contributed by atoms with E-state index in [1.54, 1.807) is 30.3 Å².